The molecule has 1 rings (SSSR count). The minimum Gasteiger partial charge on any atom is -0.481 e. The van der Waals surface area contributed by atoms with Gasteiger partial charge in [0.2, 0.25) is 0 Å². The van der Waals surface area contributed by atoms with Gasteiger partial charge in [-0.1, -0.05) is 37.3 Å². The molecule has 0 heterocycles. The topological polar surface area (TPSA) is 54.4 Å². The summed E-state index contributed by atoms with van der Waals surface area (Å²) in [5, 5.41) is 9.01. The molecular formula is C13H16O3. The molecule has 86 valence electrons. The maximum atomic E-state index is 11.6. The standard InChI is InChI=1S/C13H16O3/c1-2-6-12(14)11(13(15)16)9-10-7-4-3-5-8-10/h3-5,7-8,11H,2,6,9H2,1H3,(H,15,16). The van der Waals surface area contributed by atoms with E-state index in [-0.39, 0.29) is 12.2 Å². The Labute approximate surface area is 95.1 Å². The van der Waals surface area contributed by atoms with Crippen LogP contribution >= 0.6 is 0 Å². The molecule has 3 nitrogen and oxygen atoms in total. The number of carbonyl (C=O) groups is 2. The summed E-state index contributed by atoms with van der Waals surface area (Å²) >= 11 is 0. The highest BCUT2D eigenvalue weighted by molar-refractivity contribution is 5.98. The molecule has 0 aliphatic heterocycles. The molecule has 1 aromatic rings. The van der Waals surface area contributed by atoms with Gasteiger partial charge in [0.25, 0.3) is 0 Å². The maximum Gasteiger partial charge on any atom is 0.314 e. The van der Waals surface area contributed by atoms with Crippen LogP contribution in [0.2, 0.25) is 0 Å². The molecule has 0 bridgehead atoms. The first-order chi connectivity index (χ1) is 7.65. The maximum absolute atomic E-state index is 11.6. The van der Waals surface area contributed by atoms with Gasteiger partial charge in [-0.15, -0.1) is 0 Å². The van der Waals surface area contributed by atoms with E-state index in [0.717, 1.165) is 5.56 Å². The lowest BCUT2D eigenvalue weighted by Crippen LogP contribution is -2.25. The molecule has 0 radical (unpaired) electrons. The van der Waals surface area contributed by atoms with E-state index in [1.807, 2.05) is 37.3 Å². The van der Waals surface area contributed by atoms with Crippen molar-refractivity contribution in [3.8, 4) is 0 Å². The highest BCUT2D eigenvalue weighted by Gasteiger charge is 2.25. The lowest BCUT2D eigenvalue weighted by Gasteiger charge is -2.10. The molecule has 0 spiro atoms. The van der Waals surface area contributed by atoms with Gasteiger partial charge in [-0.05, 0) is 18.4 Å². The largest absolute Gasteiger partial charge is 0.481 e. The molecule has 0 aliphatic carbocycles. The summed E-state index contributed by atoms with van der Waals surface area (Å²) < 4.78 is 0. The SMILES string of the molecule is CCCC(=O)C(Cc1ccccc1)C(=O)O. The summed E-state index contributed by atoms with van der Waals surface area (Å²) in [6.07, 6.45) is 1.32. The molecule has 0 saturated carbocycles. The van der Waals surface area contributed by atoms with Crippen molar-refractivity contribution in [3.05, 3.63) is 35.9 Å². The Kier molecular flexibility index (Phi) is 4.70. The second-order valence-corrected chi connectivity index (χ2v) is 3.80. The van der Waals surface area contributed by atoms with Gasteiger partial charge in [-0.25, -0.2) is 0 Å². The molecule has 1 aromatic carbocycles. The fourth-order valence-electron chi connectivity index (χ4n) is 1.61. The van der Waals surface area contributed by atoms with Gasteiger partial charge in [0.05, 0.1) is 0 Å². The Bertz CT molecular complexity index is 357. The smallest absolute Gasteiger partial charge is 0.314 e. The minimum atomic E-state index is -1.03. The zero-order chi connectivity index (χ0) is 12.0. The van der Waals surface area contributed by atoms with Crippen LogP contribution in [-0.2, 0) is 16.0 Å². The van der Waals surface area contributed by atoms with E-state index in [9.17, 15) is 9.59 Å². The van der Waals surface area contributed by atoms with Crippen molar-refractivity contribution in [2.75, 3.05) is 0 Å². The van der Waals surface area contributed by atoms with Gasteiger partial charge in [0.1, 0.15) is 11.7 Å². The average Bonchev–Trinajstić information content (AvgIpc) is 2.27. The Morgan fingerprint density at radius 3 is 2.38 bits per heavy atom. The third kappa shape index (κ3) is 3.50. The molecule has 16 heavy (non-hydrogen) atoms. The van der Waals surface area contributed by atoms with Crippen LogP contribution in [0.15, 0.2) is 30.3 Å². The third-order valence-corrected chi connectivity index (χ3v) is 2.47. The Morgan fingerprint density at radius 2 is 1.88 bits per heavy atom. The van der Waals surface area contributed by atoms with E-state index < -0.39 is 11.9 Å². The summed E-state index contributed by atoms with van der Waals surface area (Å²) in [4.78, 5) is 22.6. The van der Waals surface area contributed by atoms with E-state index in [1.165, 1.54) is 0 Å². The van der Waals surface area contributed by atoms with Crippen molar-refractivity contribution in [1.29, 1.82) is 0 Å². The number of carboxylic acid groups (broad SMARTS) is 1. The molecule has 1 N–H and O–H groups in total. The van der Waals surface area contributed by atoms with Crippen molar-refractivity contribution in [3.63, 3.8) is 0 Å². The number of aliphatic carboxylic acids is 1. The second-order valence-electron chi connectivity index (χ2n) is 3.80. The fourth-order valence-corrected chi connectivity index (χ4v) is 1.61. The molecule has 0 amide bonds. The predicted octanol–water partition coefficient (Wildman–Crippen LogP) is 2.30. The van der Waals surface area contributed by atoms with E-state index in [4.69, 9.17) is 5.11 Å². The predicted molar refractivity (Wildman–Crippen MR) is 61.2 cm³/mol. The number of ketones is 1. The normalized spacial score (nSPS) is 12.1. The lowest BCUT2D eigenvalue weighted by molar-refractivity contribution is -0.146. The van der Waals surface area contributed by atoms with Gasteiger partial charge >= 0.3 is 5.97 Å². The van der Waals surface area contributed by atoms with E-state index >= 15 is 0 Å². The van der Waals surface area contributed by atoms with Crippen LogP contribution in [0.3, 0.4) is 0 Å². The third-order valence-electron chi connectivity index (χ3n) is 2.47. The summed E-state index contributed by atoms with van der Waals surface area (Å²) in [6, 6.07) is 9.24. The van der Waals surface area contributed by atoms with Crippen molar-refractivity contribution in [1.82, 2.24) is 0 Å². The molecule has 0 aliphatic rings. The monoisotopic (exact) mass is 220 g/mol. The average molecular weight is 220 g/mol. The molecule has 0 saturated heterocycles. The first kappa shape index (κ1) is 12.4. The quantitative estimate of drug-likeness (QED) is 0.748. The van der Waals surface area contributed by atoms with Gasteiger partial charge < -0.3 is 5.11 Å². The summed E-state index contributed by atoms with van der Waals surface area (Å²) in [6.45, 7) is 1.87. The van der Waals surface area contributed by atoms with Crippen LogP contribution in [0.5, 0.6) is 0 Å². The van der Waals surface area contributed by atoms with E-state index in [2.05, 4.69) is 0 Å². The van der Waals surface area contributed by atoms with Crippen LogP contribution < -0.4 is 0 Å². The van der Waals surface area contributed by atoms with Crippen LogP contribution in [0.4, 0.5) is 0 Å². The number of carbonyl (C=O) groups excluding carboxylic acids is 1. The Balaban J connectivity index is 2.73. The highest BCUT2D eigenvalue weighted by atomic mass is 16.4. The number of rotatable bonds is 6. The highest BCUT2D eigenvalue weighted by Crippen LogP contribution is 2.12. The molecule has 1 unspecified atom stereocenters. The lowest BCUT2D eigenvalue weighted by atomic mass is 9.93. The Hall–Kier alpha value is -1.64. The zero-order valence-electron chi connectivity index (χ0n) is 9.35. The molecule has 0 fully saturated rings. The van der Waals surface area contributed by atoms with Crippen molar-refractivity contribution < 1.29 is 14.7 Å². The Morgan fingerprint density at radius 1 is 1.25 bits per heavy atom. The van der Waals surface area contributed by atoms with Gasteiger partial charge in [0.15, 0.2) is 0 Å². The molecule has 0 aromatic heterocycles. The summed E-state index contributed by atoms with van der Waals surface area (Å²) in [7, 11) is 0. The zero-order valence-corrected chi connectivity index (χ0v) is 9.35. The number of carboxylic acids is 1. The van der Waals surface area contributed by atoms with Crippen molar-refractivity contribution >= 4 is 11.8 Å². The van der Waals surface area contributed by atoms with Gasteiger partial charge in [-0.2, -0.15) is 0 Å². The molecule has 1 atom stereocenters. The minimum absolute atomic E-state index is 0.182. The van der Waals surface area contributed by atoms with Crippen LogP contribution in [0.25, 0.3) is 0 Å². The second kappa shape index (κ2) is 6.05. The number of Topliss-reactive ketones (excluding diaryl/α,β-unsaturated/α-hetero) is 1. The molecule has 3 heteroatoms. The number of benzene rings is 1. The first-order valence-electron chi connectivity index (χ1n) is 5.44. The van der Waals surface area contributed by atoms with E-state index in [1.54, 1.807) is 0 Å². The number of hydrogen-bond acceptors (Lipinski definition) is 2. The first-order valence-corrected chi connectivity index (χ1v) is 5.44. The van der Waals surface area contributed by atoms with Crippen molar-refractivity contribution in [2.24, 2.45) is 5.92 Å². The summed E-state index contributed by atoms with van der Waals surface area (Å²) in [5.74, 6) is -2.11. The summed E-state index contributed by atoms with van der Waals surface area (Å²) in [5.41, 5.74) is 0.888. The van der Waals surface area contributed by atoms with E-state index in [0.29, 0.717) is 12.8 Å². The fraction of sp³-hybridized carbons (Fsp3) is 0.385. The van der Waals surface area contributed by atoms with Crippen LogP contribution in [-0.4, -0.2) is 16.9 Å². The molecular weight excluding hydrogens is 204 g/mol. The number of hydrogen-bond donors (Lipinski definition) is 1. The van der Waals surface area contributed by atoms with Crippen LogP contribution in [0.1, 0.15) is 25.3 Å². The van der Waals surface area contributed by atoms with Crippen LogP contribution in [0, 0.1) is 5.92 Å². The van der Waals surface area contributed by atoms with Gasteiger partial charge in [-0.3, -0.25) is 9.59 Å². The van der Waals surface area contributed by atoms with Crippen molar-refractivity contribution in [2.45, 2.75) is 26.2 Å². The van der Waals surface area contributed by atoms with Gasteiger partial charge in [0, 0.05) is 6.42 Å².